The molecule has 10 nitrogen and oxygen atoms in total. The van der Waals surface area contributed by atoms with Gasteiger partial charge in [0.05, 0.1) is 6.54 Å². The van der Waals surface area contributed by atoms with Crippen LogP contribution in [0.3, 0.4) is 0 Å². The SMILES string of the molecule is CC=Nc1c(NCC(=O)Nc2ncccn2)c(=O)n(C)c(=O)n1C. The number of carbonyl (C=O) groups excluding carboxylic acids is 1. The zero-order valence-electron chi connectivity index (χ0n) is 13.5. The Morgan fingerprint density at radius 2 is 1.92 bits per heavy atom. The number of aliphatic imine (C=N–C) groups is 1. The molecule has 1 amide bonds. The largest absolute Gasteiger partial charge is 0.369 e. The van der Waals surface area contributed by atoms with E-state index in [1.165, 1.54) is 37.3 Å². The van der Waals surface area contributed by atoms with E-state index in [9.17, 15) is 14.4 Å². The maximum Gasteiger partial charge on any atom is 0.332 e. The Balaban J connectivity index is 2.25. The summed E-state index contributed by atoms with van der Waals surface area (Å²) in [4.78, 5) is 47.9. The second-order valence-corrected chi connectivity index (χ2v) is 4.77. The summed E-state index contributed by atoms with van der Waals surface area (Å²) in [7, 11) is 2.85. The molecule has 2 aromatic rings. The molecule has 0 saturated heterocycles. The monoisotopic (exact) mass is 331 g/mol. The van der Waals surface area contributed by atoms with Gasteiger partial charge >= 0.3 is 5.69 Å². The van der Waals surface area contributed by atoms with E-state index < -0.39 is 17.2 Å². The van der Waals surface area contributed by atoms with E-state index in [4.69, 9.17) is 0 Å². The number of nitrogens with one attached hydrogen (secondary N) is 2. The molecule has 126 valence electrons. The van der Waals surface area contributed by atoms with Gasteiger partial charge in [0.15, 0.2) is 5.82 Å². The predicted molar refractivity (Wildman–Crippen MR) is 89.9 cm³/mol. The topological polar surface area (TPSA) is 123 Å². The summed E-state index contributed by atoms with van der Waals surface area (Å²) >= 11 is 0. The Kier molecular flexibility index (Phi) is 5.20. The molecular formula is C14H17N7O3. The van der Waals surface area contributed by atoms with Crippen LogP contribution in [-0.2, 0) is 18.9 Å². The summed E-state index contributed by atoms with van der Waals surface area (Å²) in [6.07, 6.45) is 4.44. The summed E-state index contributed by atoms with van der Waals surface area (Å²) in [5.41, 5.74) is -1.02. The number of rotatable bonds is 5. The molecule has 0 aliphatic rings. The van der Waals surface area contributed by atoms with Crippen molar-refractivity contribution in [2.24, 2.45) is 19.1 Å². The Morgan fingerprint density at radius 1 is 1.25 bits per heavy atom. The van der Waals surface area contributed by atoms with Crippen LogP contribution in [0.5, 0.6) is 0 Å². The van der Waals surface area contributed by atoms with Crippen LogP contribution in [0.15, 0.2) is 33.0 Å². The number of amides is 1. The fourth-order valence-electron chi connectivity index (χ4n) is 1.96. The van der Waals surface area contributed by atoms with Crippen molar-refractivity contribution in [3.8, 4) is 0 Å². The van der Waals surface area contributed by atoms with Gasteiger partial charge in [-0.1, -0.05) is 0 Å². The number of aromatic nitrogens is 4. The fourth-order valence-corrected chi connectivity index (χ4v) is 1.96. The standard InChI is InChI=1S/C14H17N7O3/c1-4-15-11-10(12(23)21(3)14(24)20(11)2)18-8-9(22)19-13-16-6-5-7-17-13/h4-7,18H,8H2,1-3H3,(H,16,17,19,22). The minimum Gasteiger partial charge on any atom is -0.369 e. The molecule has 2 aromatic heterocycles. The zero-order valence-corrected chi connectivity index (χ0v) is 13.5. The molecule has 0 spiro atoms. The number of nitrogens with zero attached hydrogens (tertiary/aromatic N) is 5. The Labute approximate surface area is 136 Å². The first-order chi connectivity index (χ1) is 11.5. The summed E-state index contributed by atoms with van der Waals surface area (Å²) in [6.45, 7) is 1.45. The van der Waals surface area contributed by atoms with Gasteiger partial charge in [0, 0.05) is 32.7 Å². The van der Waals surface area contributed by atoms with Gasteiger partial charge < -0.3 is 5.32 Å². The maximum absolute atomic E-state index is 12.3. The molecule has 0 aliphatic carbocycles. The van der Waals surface area contributed by atoms with Crippen LogP contribution >= 0.6 is 0 Å². The number of hydrogen-bond acceptors (Lipinski definition) is 7. The van der Waals surface area contributed by atoms with Gasteiger partial charge in [-0.2, -0.15) is 0 Å². The van der Waals surface area contributed by atoms with E-state index >= 15 is 0 Å². The van der Waals surface area contributed by atoms with Gasteiger partial charge in [0.25, 0.3) is 5.56 Å². The van der Waals surface area contributed by atoms with E-state index in [2.05, 4.69) is 25.6 Å². The molecule has 10 heteroatoms. The third-order valence-corrected chi connectivity index (χ3v) is 3.13. The molecule has 0 unspecified atom stereocenters. The van der Waals surface area contributed by atoms with Crippen molar-refractivity contribution < 1.29 is 4.79 Å². The second-order valence-electron chi connectivity index (χ2n) is 4.77. The van der Waals surface area contributed by atoms with Gasteiger partial charge in [-0.05, 0) is 13.0 Å². The van der Waals surface area contributed by atoms with Gasteiger partial charge in [0.2, 0.25) is 11.9 Å². The highest BCUT2D eigenvalue weighted by atomic mass is 16.2. The van der Waals surface area contributed by atoms with Crippen LogP contribution in [-0.4, -0.2) is 37.8 Å². The zero-order chi connectivity index (χ0) is 17.7. The average Bonchev–Trinajstić information content (AvgIpc) is 2.58. The highest BCUT2D eigenvalue weighted by Crippen LogP contribution is 2.17. The molecule has 0 saturated carbocycles. The van der Waals surface area contributed by atoms with E-state index in [1.807, 2.05) is 0 Å². The van der Waals surface area contributed by atoms with Crippen LogP contribution in [0.25, 0.3) is 0 Å². The van der Waals surface area contributed by atoms with Crippen molar-refractivity contribution >= 4 is 29.6 Å². The number of anilines is 2. The lowest BCUT2D eigenvalue weighted by molar-refractivity contribution is -0.114. The average molecular weight is 331 g/mol. The van der Waals surface area contributed by atoms with Gasteiger partial charge in [-0.15, -0.1) is 0 Å². The summed E-state index contributed by atoms with van der Waals surface area (Å²) in [5, 5.41) is 5.21. The van der Waals surface area contributed by atoms with E-state index in [1.54, 1.807) is 13.0 Å². The molecule has 0 fully saturated rings. The Hall–Kier alpha value is -3.30. The normalized spacial score (nSPS) is 10.8. The third-order valence-electron chi connectivity index (χ3n) is 3.13. The minimum absolute atomic E-state index is 0.0573. The van der Waals surface area contributed by atoms with Gasteiger partial charge in [-0.25, -0.2) is 19.8 Å². The molecule has 0 bridgehead atoms. The van der Waals surface area contributed by atoms with Crippen LogP contribution in [0, 0.1) is 0 Å². The van der Waals surface area contributed by atoms with Crippen molar-refractivity contribution in [2.45, 2.75) is 6.92 Å². The van der Waals surface area contributed by atoms with E-state index in [0.717, 1.165) is 4.57 Å². The molecule has 2 heterocycles. The summed E-state index contributed by atoms with van der Waals surface area (Å²) in [6, 6.07) is 1.62. The van der Waals surface area contributed by atoms with E-state index in [-0.39, 0.29) is 24.0 Å². The lowest BCUT2D eigenvalue weighted by atomic mass is 10.4. The maximum atomic E-state index is 12.3. The molecule has 0 aromatic carbocycles. The number of carbonyl (C=O) groups is 1. The fraction of sp³-hybridized carbons (Fsp3) is 0.286. The first-order valence-electron chi connectivity index (χ1n) is 7.05. The highest BCUT2D eigenvalue weighted by molar-refractivity contribution is 5.92. The van der Waals surface area contributed by atoms with Gasteiger partial charge in [-0.3, -0.25) is 24.0 Å². The number of hydrogen-bond donors (Lipinski definition) is 2. The molecule has 0 atom stereocenters. The molecule has 24 heavy (non-hydrogen) atoms. The van der Waals surface area contributed by atoms with Crippen molar-refractivity contribution in [3.63, 3.8) is 0 Å². The minimum atomic E-state index is -0.567. The summed E-state index contributed by atoms with van der Waals surface area (Å²) in [5.74, 6) is -0.137. The van der Waals surface area contributed by atoms with Crippen LogP contribution in [0.2, 0.25) is 0 Å². The van der Waals surface area contributed by atoms with Crippen molar-refractivity contribution in [2.75, 3.05) is 17.2 Å². The first-order valence-corrected chi connectivity index (χ1v) is 7.05. The van der Waals surface area contributed by atoms with E-state index in [0.29, 0.717) is 0 Å². The smallest absolute Gasteiger partial charge is 0.332 e. The molecule has 0 radical (unpaired) electrons. The quantitative estimate of drug-likeness (QED) is 0.722. The van der Waals surface area contributed by atoms with Crippen LogP contribution < -0.4 is 21.9 Å². The van der Waals surface area contributed by atoms with Gasteiger partial charge in [0.1, 0.15) is 5.69 Å². The third kappa shape index (κ3) is 3.54. The predicted octanol–water partition coefficient (Wildman–Crippen LogP) is -0.353. The lowest BCUT2D eigenvalue weighted by Crippen LogP contribution is -2.39. The van der Waals surface area contributed by atoms with Crippen LogP contribution in [0.1, 0.15) is 6.92 Å². The molecule has 0 aliphatic heterocycles. The lowest BCUT2D eigenvalue weighted by Gasteiger charge is -2.13. The van der Waals surface area contributed by atoms with Crippen molar-refractivity contribution in [1.82, 2.24) is 19.1 Å². The van der Waals surface area contributed by atoms with Crippen molar-refractivity contribution in [1.29, 1.82) is 0 Å². The molecular weight excluding hydrogens is 314 g/mol. The highest BCUT2D eigenvalue weighted by Gasteiger charge is 2.15. The first kappa shape index (κ1) is 17.1. The molecule has 2 N–H and O–H groups in total. The second kappa shape index (κ2) is 7.31. The van der Waals surface area contributed by atoms with Crippen LogP contribution in [0.4, 0.5) is 17.5 Å². The molecule has 2 rings (SSSR count). The summed E-state index contributed by atoms with van der Waals surface area (Å²) < 4.78 is 2.16. The van der Waals surface area contributed by atoms with Crippen molar-refractivity contribution in [3.05, 3.63) is 39.3 Å². The Bertz CT molecular complexity index is 884. The Morgan fingerprint density at radius 3 is 2.54 bits per heavy atom.